The van der Waals surface area contributed by atoms with E-state index in [1.165, 1.54) is 12.8 Å². The Balaban J connectivity index is 1.28. The van der Waals surface area contributed by atoms with Crippen LogP contribution in [-0.2, 0) is 11.2 Å². The zero-order valence-corrected chi connectivity index (χ0v) is 15.0. The third-order valence-electron chi connectivity index (χ3n) is 4.24. The average Bonchev–Trinajstić information content (AvgIpc) is 3.42. The average molecular weight is 369 g/mol. The maximum absolute atomic E-state index is 12.1. The van der Waals surface area contributed by atoms with Gasteiger partial charge in [-0.05, 0) is 36.4 Å². The van der Waals surface area contributed by atoms with Gasteiger partial charge in [0.05, 0.1) is 16.8 Å². The summed E-state index contributed by atoms with van der Waals surface area (Å²) in [6.07, 6.45) is 4.81. The Bertz CT molecular complexity index is 854. The predicted octanol–water partition coefficient (Wildman–Crippen LogP) is 3.36. The third-order valence-corrected chi connectivity index (χ3v) is 5.10. The molecule has 0 radical (unpaired) electrons. The number of anilines is 2. The Labute approximate surface area is 155 Å². The number of hydrogen-bond donors (Lipinski definition) is 1. The van der Waals surface area contributed by atoms with Gasteiger partial charge >= 0.3 is 0 Å². The summed E-state index contributed by atoms with van der Waals surface area (Å²) < 4.78 is 5.21. The molecule has 4 rings (SSSR count). The molecule has 0 aromatic carbocycles. The Hall–Kier alpha value is -2.74. The van der Waals surface area contributed by atoms with Crippen molar-refractivity contribution in [3.63, 3.8) is 0 Å². The van der Waals surface area contributed by atoms with Crippen LogP contribution in [0.3, 0.4) is 0 Å². The molecule has 0 bridgehead atoms. The topological polar surface area (TPSA) is 84.1 Å². The normalized spacial score (nSPS) is 13.9. The number of aromatic nitrogens is 3. The zero-order valence-electron chi connectivity index (χ0n) is 14.2. The van der Waals surface area contributed by atoms with Gasteiger partial charge in [-0.15, -0.1) is 11.3 Å². The van der Waals surface area contributed by atoms with Gasteiger partial charge in [-0.1, -0.05) is 11.2 Å². The minimum absolute atomic E-state index is 0.100. The maximum atomic E-state index is 12.1. The van der Waals surface area contributed by atoms with Crippen molar-refractivity contribution in [1.29, 1.82) is 0 Å². The van der Waals surface area contributed by atoms with Crippen molar-refractivity contribution >= 4 is 28.7 Å². The van der Waals surface area contributed by atoms with E-state index in [0.29, 0.717) is 23.8 Å². The van der Waals surface area contributed by atoms with Gasteiger partial charge in [0.1, 0.15) is 5.82 Å². The molecule has 1 aliphatic rings. The van der Waals surface area contributed by atoms with Gasteiger partial charge in [0, 0.05) is 25.9 Å². The van der Waals surface area contributed by atoms with Crippen LogP contribution in [0.2, 0.25) is 0 Å². The molecule has 26 heavy (non-hydrogen) atoms. The fourth-order valence-electron chi connectivity index (χ4n) is 2.90. The lowest BCUT2D eigenvalue weighted by Crippen LogP contribution is -2.19. The zero-order chi connectivity index (χ0) is 17.8. The molecule has 0 saturated carbocycles. The van der Waals surface area contributed by atoms with Crippen molar-refractivity contribution in [3.05, 3.63) is 41.7 Å². The van der Waals surface area contributed by atoms with Crippen molar-refractivity contribution in [2.24, 2.45) is 0 Å². The molecule has 8 heteroatoms. The number of amides is 1. The summed E-state index contributed by atoms with van der Waals surface area (Å²) in [5.41, 5.74) is 0.697. The van der Waals surface area contributed by atoms with Crippen LogP contribution >= 0.6 is 11.3 Å². The summed E-state index contributed by atoms with van der Waals surface area (Å²) in [4.78, 5) is 24.1. The van der Waals surface area contributed by atoms with Crippen LogP contribution in [0.4, 0.5) is 11.5 Å². The molecule has 3 aromatic rings. The Morgan fingerprint density at radius 1 is 1.27 bits per heavy atom. The molecule has 1 aliphatic heterocycles. The van der Waals surface area contributed by atoms with Crippen molar-refractivity contribution in [2.45, 2.75) is 25.7 Å². The lowest BCUT2D eigenvalue weighted by atomic mass is 10.3. The van der Waals surface area contributed by atoms with Crippen LogP contribution in [-0.4, -0.2) is 34.1 Å². The molecule has 0 aliphatic carbocycles. The number of carbonyl (C=O) groups excluding carboxylic acids is 1. The number of thiophene rings is 1. The van der Waals surface area contributed by atoms with Crippen LogP contribution in [0.5, 0.6) is 0 Å². The monoisotopic (exact) mass is 369 g/mol. The first kappa shape index (κ1) is 16.7. The van der Waals surface area contributed by atoms with Crippen LogP contribution in [0.15, 0.2) is 40.4 Å². The van der Waals surface area contributed by atoms with Crippen LogP contribution in [0, 0.1) is 0 Å². The van der Waals surface area contributed by atoms with E-state index in [9.17, 15) is 4.79 Å². The summed E-state index contributed by atoms with van der Waals surface area (Å²) in [6, 6.07) is 7.71. The number of carbonyl (C=O) groups is 1. The molecule has 0 spiro atoms. The molecular formula is C18H19N5O2S. The minimum atomic E-state index is -0.100. The van der Waals surface area contributed by atoms with Crippen LogP contribution < -0.4 is 10.2 Å². The Morgan fingerprint density at radius 3 is 2.88 bits per heavy atom. The summed E-state index contributed by atoms with van der Waals surface area (Å²) in [5, 5.41) is 8.76. The van der Waals surface area contributed by atoms with Crippen molar-refractivity contribution < 1.29 is 9.32 Å². The second-order valence-corrected chi connectivity index (χ2v) is 7.08. The third kappa shape index (κ3) is 3.91. The predicted molar refractivity (Wildman–Crippen MR) is 100 cm³/mol. The van der Waals surface area contributed by atoms with Gasteiger partial charge < -0.3 is 14.7 Å². The van der Waals surface area contributed by atoms with Gasteiger partial charge in [-0.2, -0.15) is 4.98 Å². The number of aryl methyl sites for hydroxylation is 1. The molecule has 7 nitrogen and oxygen atoms in total. The summed E-state index contributed by atoms with van der Waals surface area (Å²) in [5.74, 6) is 1.90. The molecule has 4 heterocycles. The molecule has 3 aromatic heterocycles. The van der Waals surface area contributed by atoms with Gasteiger partial charge in [-0.3, -0.25) is 4.79 Å². The van der Waals surface area contributed by atoms with Gasteiger partial charge in [-0.25, -0.2) is 4.98 Å². The number of nitrogens with one attached hydrogen (secondary N) is 1. The molecule has 134 valence electrons. The van der Waals surface area contributed by atoms with E-state index in [1.807, 2.05) is 29.6 Å². The molecule has 1 amide bonds. The SMILES string of the molecule is O=C(CCc1nc(-c2cccs2)no1)Nc1ccc(N2CCCC2)nc1. The summed E-state index contributed by atoms with van der Waals surface area (Å²) in [6.45, 7) is 2.10. The number of hydrogen-bond acceptors (Lipinski definition) is 7. The van der Waals surface area contributed by atoms with Gasteiger partial charge in [0.15, 0.2) is 0 Å². The first-order valence-electron chi connectivity index (χ1n) is 8.65. The quantitative estimate of drug-likeness (QED) is 0.717. The number of nitrogens with zero attached hydrogens (tertiary/aromatic N) is 4. The van der Waals surface area contributed by atoms with E-state index >= 15 is 0 Å². The Kier molecular flexibility index (Phi) is 4.92. The first-order valence-corrected chi connectivity index (χ1v) is 9.53. The minimum Gasteiger partial charge on any atom is -0.357 e. The van der Waals surface area contributed by atoms with Crippen LogP contribution in [0.1, 0.15) is 25.2 Å². The molecular weight excluding hydrogens is 350 g/mol. The second-order valence-electron chi connectivity index (χ2n) is 6.14. The molecule has 1 N–H and O–H groups in total. The molecule has 0 atom stereocenters. The summed E-state index contributed by atoms with van der Waals surface area (Å²) in [7, 11) is 0. The van der Waals surface area contributed by atoms with E-state index in [-0.39, 0.29) is 12.3 Å². The molecule has 0 unspecified atom stereocenters. The lowest BCUT2D eigenvalue weighted by molar-refractivity contribution is -0.116. The van der Waals surface area contributed by atoms with Gasteiger partial charge in [0.25, 0.3) is 0 Å². The highest BCUT2D eigenvalue weighted by Crippen LogP contribution is 2.22. The Morgan fingerprint density at radius 2 is 2.15 bits per heavy atom. The fraction of sp³-hybridized carbons (Fsp3) is 0.333. The molecule has 1 fully saturated rings. The highest BCUT2D eigenvalue weighted by atomic mass is 32.1. The standard InChI is InChI=1S/C18H19N5O2S/c24-16(7-8-17-21-18(22-25-17)14-4-3-11-26-14)20-13-5-6-15(19-12-13)23-9-1-2-10-23/h3-6,11-12H,1-2,7-10H2,(H,20,24). The maximum Gasteiger partial charge on any atom is 0.227 e. The first-order chi connectivity index (χ1) is 12.8. The van der Waals surface area contributed by atoms with Crippen molar-refractivity contribution in [2.75, 3.05) is 23.3 Å². The van der Waals surface area contributed by atoms with Crippen molar-refractivity contribution in [1.82, 2.24) is 15.1 Å². The number of pyridine rings is 1. The highest BCUT2D eigenvalue weighted by molar-refractivity contribution is 7.13. The summed E-state index contributed by atoms with van der Waals surface area (Å²) >= 11 is 1.55. The second kappa shape index (κ2) is 7.65. The largest absolute Gasteiger partial charge is 0.357 e. The van der Waals surface area contributed by atoms with E-state index in [0.717, 1.165) is 23.8 Å². The smallest absolute Gasteiger partial charge is 0.227 e. The number of rotatable bonds is 6. The highest BCUT2D eigenvalue weighted by Gasteiger charge is 2.14. The lowest BCUT2D eigenvalue weighted by Gasteiger charge is -2.16. The van der Waals surface area contributed by atoms with E-state index < -0.39 is 0 Å². The van der Waals surface area contributed by atoms with E-state index in [4.69, 9.17) is 4.52 Å². The van der Waals surface area contributed by atoms with Crippen molar-refractivity contribution in [3.8, 4) is 10.7 Å². The van der Waals surface area contributed by atoms with E-state index in [1.54, 1.807) is 17.5 Å². The van der Waals surface area contributed by atoms with Gasteiger partial charge in [0.2, 0.25) is 17.6 Å². The van der Waals surface area contributed by atoms with Crippen LogP contribution in [0.25, 0.3) is 10.7 Å². The molecule has 1 saturated heterocycles. The fourth-order valence-corrected chi connectivity index (χ4v) is 3.55. The van der Waals surface area contributed by atoms with E-state index in [2.05, 4.69) is 25.3 Å².